The van der Waals surface area contributed by atoms with Crippen molar-refractivity contribution in [2.24, 2.45) is 11.3 Å². The maximum atomic E-state index is 12.3. The molecule has 0 saturated heterocycles. The fourth-order valence-electron chi connectivity index (χ4n) is 2.06. The summed E-state index contributed by atoms with van der Waals surface area (Å²) in [6.45, 7) is 10.4. The van der Waals surface area contributed by atoms with Crippen LogP contribution in [0.5, 0.6) is 0 Å². The summed E-state index contributed by atoms with van der Waals surface area (Å²) in [6.07, 6.45) is 0. The highest BCUT2D eigenvalue weighted by Crippen LogP contribution is 2.25. The fourth-order valence-corrected chi connectivity index (χ4v) is 3.24. The summed E-state index contributed by atoms with van der Waals surface area (Å²) >= 11 is 0. The van der Waals surface area contributed by atoms with Gasteiger partial charge >= 0.3 is 0 Å². The van der Waals surface area contributed by atoms with E-state index in [4.69, 9.17) is 0 Å². The predicted octanol–water partition coefficient (Wildman–Crippen LogP) is 2.25. The lowest BCUT2D eigenvalue weighted by molar-refractivity contribution is 0.263. The van der Waals surface area contributed by atoms with Crippen molar-refractivity contribution in [1.29, 1.82) is 0 Å². The van der Waals surface area contributed by atoms with Gasteiger partial charge in [0.1, 0.15) is 0 Å². The van der Waals surface area contributed by atoms with Gasteiger partial charge in [-0.15, -0.1) is 0 Å². The molecule has 1 aromatic carbocycles. The van der Waals surface area contributed by atoms with E-state index in [1.165, 1.54) is 5.56 Å². The van der Waals surface area contributed by atoms with Gasteiger partial charge in [-0.1, -0.05) is 33.8 Å². The lowest BCUT2D eigenvalue weighted by Crippen LogP contribution is -2.33. The van der Waals surface area contributed by atoms with E-state index in [1.54, 1.807) is 12.1 Å². The molecular formula is C15H24N2O2S. The molecule has 1 aliphatic rings. The normalized spacial score (nSPS) is 17.0. The van der Waals surface area contributed by atoms with E-state index in [0.29, 0.717) is 11.4 Å². The summed E-state index contributed by atoms with van der Waals surface area (Å²) in [6, 6.07) is 5.37. The van der Waals surface area contributed by atoms with Crippen molar-refractivity contribution in [2.45, 2.75) is 45.7 Å². The molecule has 0 aliphatic carbocycles. The van der Waals surface area contributed by atoms with Crippen molar-refractivity contribution < 1.29 is 8.42 Å². The summed E-state index contributed by atoms with van der Waals surface area (Å²) in [5, 5.41) is 3.22. The molecule has 5 heteroatoms. The van der Waals surface area contributed by atoms with Gasteiger partial charge in [-0.25, -0.2) is 13.1 Å². The number of hydrogen-bond acceptors (Lipinski definition) is 3. The maximum Gasteiger partial charge on any atom is 0.240 e. The second-order valence-electron chi connectivity index (χ2n) is 6.65. The Bertz CT molecular complexity index is 588. The van der Waals surface area contributed by atoms with Gasteiger partial charge in [-0.3, -0.25) is 0 Å². The van der Waals surface area contributed by atoms with Crippen LogP contribution in [0.3, 0.4) is 0 Å². The van der Waals surface area contributed by atoms with Crippen LogP contribution in [0.25, 0.3) is 0 Å². The van der Waals surface area contributed by atoms with Gasteiger partial charge in [0.05, 0.1) is 4.90 Å². The first kappa shape index (κ1) is 15.5. The van der Waals surface area contributed by atoms with Crippen LogP contribution >= 0.6 is 0 Å². The Kier molecular flexibility index (Phi) is 4.23. The maximum absolute atomic E-state index is 12.3. The van der Waals surface area contributed by atoms with Crippen molar-refractivity contribution in [3.8, 4) is 0 Å². The van der Waals surface area contributed by atoms with E-state index in [2.05, 4.69) is 37.7 Å². The van der Waals surface area contributed by atoms with Gasteiger partial charge in [0, 0.05) is 19.6 Å². The van der Waals surface area contributed by atoms with Crippen molar-refractivity contribution in [1.82, 2.24) is 10.0 Å². The molecule has 1 aliphatic heterocycles. The summed E-state index contributed by atoms with van der Waals surface area (Å²) in [5.41, 5.74) is 2.36. The molecular weight excluding hydrogens is 272 g/mol. The standard InChI is InChI=1S/C15H24N2O2S/c1-11(15(2,3)4)8-17-20(18,19)14-6-5-12-9-16-10-13(12)7-14/h5-7,11,16-17H,8-10H2,1-4H3. The second-order valence-corrected chi connectivity index (χ2v) is 8.42. The molecule has 112 valence electrons. The van der Waals surface area contributed by atoms with Crippen molar-refractivity contribution in [3.63, 3.8) is 0 Å². The average Bonchev–Trinajstić information content (AvgIpc) is 2.81. The number of rotatable bonds is 4. The second kappa shape index (κ2) is 5.47. The molecule has 0 fully saturated rings. The van der Waals surface area contributed by atoms with Crippen LogP contribution in [0, 0.1) is 11.3 Å². The fraction of sp³-hybridized carbons (Fsp3) is 0.600. The SMILES string of the molecule is CC(CNS(=O)(=O)c1ccc2c(c1)CNC2)C(C)(C)C. The molecule has 0 spiro atoms. The summed E-state index contributed by atoms with van der Waals surface area (Å²) in [7, 11) is -3.41. The molecule has 2 N–H and O–H groups in total. The van der Waals surface area contributed by atoms with E-state index in [9.17, 15) is 8.42 Å². The lowest BCUT2D eigenvalue weighted by atomic mass is 9.82. The zero-order valence-corrected chi connectivity index (χ0v) is 13.5. The lowest BCUT2D eigenvalue weighted by Gasteiger charge is -2.27. The third-order valence-corrected chi connectivity index (χ3v) is 5.60. The molecule has 4 nitrogen and oxygen atoms in total. The third kappa shape index (κ3) is 3.40. The van der Waals surface area contributed by atoms with Crippen LogP contribution in [0.15, 0.2) is 23.1 Å². The van der Waals surface area contributed by atoms with E-state index in [1.807, 2.05) is 6.07 Å². The van der Waals surface area contributed by atoms with Crippen molar-refractivity contribution >= 4 is 10.0 Å². The summed E-state index contributed by atoms with van der Waals surface area (Å²) in [5.74, 6) is 0.272. The Hall–Kier alpha value is -0.910. The molecule has 1 heterocycles. The molecule has 1 atom stereocenters. The first-order chi connectivity index (χ1) is 9.20. The van der Waals surface area contributed by atoms with Gasteiger partial charge in [-0.2, -0.15) is 0 Å². The van der Waals surface area contributed by atoms with Crippen molar-refractivity contribution in [3.05, 3.63) is 29.3 Å². The summed E-state index contributed by atoms with van der Waals surface area (Å²) in [4.78, 5) is 0.362. The molecule has 1 unspecified atom stereocenters. The Morgan fingerprint density at radius 2 is 1.90 bits per heavy atom. The van der Waals surface area contributed by atoms with E-state index < -0.39 is 10.0 Å². The van der Waals surface area contributed by atoms with Crippen LogP contribution in [0.2, 0.25) is 0 Å². The molecule has 0 bridgehead atoms. The highest BCUT2D eigenvalue weighted by Gasteiger charge is 2.23. The number of benzene rings is 1. The minimum Gasteiger partial charge on any atom is -0.309 e. The minimum absolute atomic E-state index is 0.0877. The van der Waals surface area contributed by atoms with Gasteiger partial charge in [0.25, 0.3) is 0 Å². The molecule has 0 aromatic heterocycles. The minimum atomic E-state index is -3.41. The molecule has 0 radical (unpaired) electrons. The summed E-state index contributed by atoms with van der Waals surface area (Å²) < 4.78 is 27.4. The highest BCUT2D eigenvalue weighted by atomic mass is 32.2. The molecule has 2 rings (SSSR count). The molecule has 0 amide bonds. The predicted molar refractivity (Wildman–Crippen MR) is 80.8 cm³/mol. The zero-order valence-electron chi connectivity index (χ0n) is 12.7. The van der Waals surface area contributed by atoms with Gasteiger partial charge in [-0.05, 0) is 34.6 Å². The molecule has 1 aromatic rings. The third-order valence-electron chi connectivity index (χ3n) is 4.18. The van der Waals surface area contributed by atoms with E-state index in [-0.39, 0.29) is 11.3 Å². The largest absolute Gasteiger partial charge is 0.309 e. The van der Waals surface area contributed by atoms with Crippen LogP contribution in [-0.2, 0) is 23.1 Å². The Balaban J connectivity index is 2.11. The molecule has 0 saturated carbocycles. The first-order valence-corrected chi connectivity index (χ1v) is 8.50. The van der Waals surface area contributed by atoms with Crippen LogP contribution < -0.4 is 10.0 Å². The topological polar surface area (TPSA) is 58.2 Å². The quantitative estimate of drug-likeness (QED) is 0.896. The number of sulfonamides is 1. The number of nitrogens with one attached hydrogen (secondary N) is 2. The monoisotopic (exact) mass is 296 g/mol. The van der Waals surface area contributed by atoms with Gasteiger partial charge in [0.15, 0.2) is 0 Å². The zero-order chi connectivity index (χ0) is 15.0. The Morgan fingerprint density at radius 3 is 2.55 bits per heavy atom. The highest BCUT2D eigenvalue weighted by molar-refractivity contribution is 7.89. The van der Waals surface area contributed by atoms with Crippen LogP contribution in [0.4, 0.5) is 0 Å². The average molecular weight is 296 g/mol. The van der Waals surface area contributed by atoms with Crippen molar-refractivity contribution in [2.75, 3.05) is 6.54 Å². The van der Waals surface area contributed by atoms with Crippen LogP contribution in [-0.4, -0.2) is 15.0 Å². The first-order valence-electron chi connectivity index (χ1n) is 7.02. The van der Waals surface area contributed by atoms with E-state index >= 15 is 0 Å². The molecule has 20 heavy (non-hydrogen) atoms. The smallest absolute Gasteiger partial charge is 0.240 e. The van der Waals surface area contributed by atoms with Crippen LogP contribution in [0.1, 0.15) is 38.8 Å². The van der Waals surface area contributed by atoms with E-state index in [0.717, 1.165) is 18.7 Å². The van der Waals surface area contributed by atoms with Gasteiger partial charge < -0.3 is 5.32 Å². The number of hydrogen-bond donors (Lipinski definition) is 2. The number of fused-ring (bicyclic) bond motifs is 1. The van der Waals surface area contributed by atoms with Gasteiger partial charge in [0.2, 0.25) is 10.0 Å². The Morgan fingerprint density at radius 1 is 1.25 bits per heavy atom. The Labute approximate surface area is 122 Å².